The second-order valence-corrected chi connectivity index (χ2v) is 10.2. The molecule has 1 aromatic heterocycles. The van der Waals surface area contributed by atoms with Crippen molar-refractivity contribution in [2.45, 2.75) is 46.1 Å². The van der Waals surface area contributed by atoms with Gasteiger partial charge in [0.1, 0.15) is 5.75 Å². The summed E-state index contributed by atoms with van der Waals surface area (Å²) in [5.74, 6) is 0.450. The minimum Gasteiger partial charge on any atom is -0.493 e. The molecule has 0 saturated carbocycles. The molecule has 0 bridgehead atoms. The number of fused-ring (bicyclic) bond motifs is 1. The maximum atomic E-state index is 14.1. The van der Waals surface area contributed by atoms with E-state index in [0.29, 0.717) is 36.7 Å². The average molecular weight is 551 g/mol. The van der Waals surface area contributed by atoms with Crippen LogP contribution < -0.4 is 16.2 Å². The predicted molar refractivity (Wildman–Crippen MR) is 160 cm³/mol. The van der Waals surface area contributed by atoms with Gasteiger partial charge in [-0.05, 0) is 59.7 Å². The number of nitrogens with two attached hydrogens (primary N) is 1. The third-order valence-electron chi connectivity index (χ3n) is 7.26. The highest BCUT2D eigenvalue weighted by Gasteiger charge is 2.25. The molecule has 210 valence electrons. The lowest BCUT2D eigenvalue weighted by atomic mass is 9.97. The fourth-order valence-corrected chi connectivity index (χ4v) is 5.10. The zero-order chi connectivity index (χ0) is 28.9. The largest absolute Gasteiger partial charge is 0.493 e. The van der Waals surface area contributed by atoms with E-state index in [2.05, 4.69) is 23.6 Å². The minimum atomic E-state index is -0.604. The lowest BCUT2D eigenvalue weighted by Gasteiger charge is -2.27. The van der Waals surface area contributed by atoms with Gasteiger partial charge in [-0.25, -0.2) is 4.79 Å². The molecule has 1 amide bonds. The molecule has 41 heavy (non-hydrogen) atoms. The van der Waals surface area contributed by atoms with E-state index in [9.17, 15) is 9.59 Å². The normalized spacial score (nSPS) is 12.8. The summed E-state index contributed by atoms with van der Waals surface area (Å²) in [6.45, 7) is 9.17. The third kappa shape index (κ3) is 6.01. The Kier molecular flexibility index (Phi) is 8.19. The zero-order valence-corrected chi connectivity index (χ0v) is 23.4. The number of carbonyl (C=O) groups excluding carboxylic acids is 1. The van der Waals surface area contributed by atoms with Gasteiger partial charge in [0.15, 0.2) is 5.82 Å². The molecule has 4 aromatic rings. The van der Waals surface area contributed by atoms with Gasteiger partial charge in [-0.3, -0.25) is 14.3 Å². The Morgan fingerprint density at radius 3 is 2.54 bits per heavy atom. The van der Waals surface area contributed by atoms with Crippen molar-refractivity contribution in [1.82, 2.24) is 15.0 Å². The Morgan fingerprint density at radius 1 is 1.10 bits per heavy atom. The SMILES string of the molecule is C=C(CCCC)N(Cc1ccc(-c2ccccc2-c2noc(=O)[nH]2)cc1)C(=O)/C(=C(/C)N)c1ccc2c(c1)CCO2. The number of rotatable bonds is 10. The van der Waals surface area contributed by atoms with Crippen molar-refractivity contribution in [3.05, 3.63) is 112 Å². The number of hydrogen-bond acceptors (Lipinski definition) is 6. The minimum absolute atomic E-state index is 0.172. The number of H-pyrrole nitrogens is 1. The topological polar surface area (TPSA) is 114 Å². The van der Waals surface area contributed by atoms with Crippen LogP contribution in [0.15, 0.2) is 94.0 Å². The summed E-state index contributed by atoms with van der Waals surface area (Å²) >= 11 is 0. The smallest absolute Gasteiger partial charge is 0.439 e. The number of amides is 1. The van der Waals surface area contributed by atoms with Gasteiger partial charge in [-0.2, -0.15) is 0 Å². The molecule has 3 N–H and O–H groups in total. The van der Waals surface area contributed by atoms with Crippen molar-refractivity contribution >= 4 is 11.5 Å². The molecule has 2 heterocycles. The van der Waals surface area contributed by atoms with Gasteiger partial charge in [-0.1, -0.05) is 79.7 Å². The molecule has 0 aliphatic carbocycles. The van der Waals surface area contributed by atoms with E-state index in [4.69, 9.17) is 15.0 Å². The van der Waals surface area contributed by atoms with Gasteiger partial charge in [0.25, 0.3) is 5.91 Å². The first kappa shape index (κ1) is 27.7. The zero-order valence-electron chi connectivity index (χ0n) is 23.4. The molecule has 1 aliphatic rings. The number of nitrogens with zero attached hydrogens (tertiary/aromatic N) is 2. The van der Waals surface area contributed by atoms with Crippen molar-refractivity contribution < 1.29 is 14.1 Å². The van der Waals surface area contributed by atoms with E-state index in [1.807, 2.05) is 66.7 Å². The Labute approximate surface area is 239 Å². The fourth-order valence-electron chi connectivity index (χ4n) is 5.10. The summed E-state index contributed by atoms with van der Waals surface area (Å²) in [7, 11) is 0. The molecule has 0 saturated heterocycles. The van der Waals surface area contributed by atoms with E-state index < -0.39 is 5.76 Å². The Bertz CT molecular complexity index is 1660. The Balaban J connectivity index is 1.44. The Morgan fingerprint density at radius 2 is 1.85 bits per heavy atom. The molecule has 0 unspecified atom stereocenters. The van der Waals surface area contributed by atoms with Crippen LogP contribution in [-0.4, -0.2) is 27.6 Å². The number of aromatic amines is 1. The van der Waals surface area contributed by atoms with Crippen LogP contribution in [0.4, 0.5) is 0 Å². The van der Waals surface area contributed by atoms with Crippen molar-refractivity contribution in [3.8, 4) is 28.3 Å². The van der Waals surface area contributed by atoms with Crippen LogP contribution in [-0.2, 0) is 17.8 Å². The molecule has 0 radical (unpaired) electrons. The first-order valence-corrected chi connectivity index (χ1v) is 13.8. The molecule has 0 fully saturated rings. The molecule has 8 nitrogen and oxygen atoms in total. The summed E-state index contributed by atoms with van der Waals surface area (Å²) in [6, 6.07) is 21.4. The molecule has 8 heteroatoms. The number of aromatic nitrogens is 2. The molecule has 5 rings (SSSR count). The number of allylic oxidation sites excluding steroid dienone is 2. The van der Waals surface area contributed by atoms with E-state index in [0.717, 1.165) is 64.1 Å². The number of benzene rings is 3. The predicted octanol–water partition coefficient (Wildman–Crippen LogP) is 6.05. The van der Waals surface area contributed by atoms with Crippen LogP contribution in [0.2, 0.25) is 0 Å². The van der Waals surface area contributed by atoms with Crippen LogP contribution in [0.3, 0.4) is 0 Å². The van der Waals surface area contributed by atoms with Gasteiger partial charge in [0, 0.05) is 23.4 Å². The summed E-state index contributed by atoms with van der Waals surface area (Å²) in [5.41, 5.74) is 13.4. The number of carbonyl (C=O) groups is 1. The Hall–Kier alpha value is -4.85. The van der Waals surface area contributed by atoms with Crippen molar-refractivity contribution in [2.24, 2.45) is 5.73 Å². The second kappa shape index (κ2) is 12.1. The lowest BCUT2D eigenvalue weighted by molar-refractivity contribution is -0.123. The van der Waals surface area contributed by atoms with Gasteiger partial charge >= 0.3 is 5.76 Å². The van der Waals surface area contributed by atoms with Gasteiger partial charge in [-0.15, -0.1) is 0 Å². The van der Waals surface area contributed by atoms with E-state index in [1.54, 1.807) is 11.8 Å². The van der Waals surface area contributed by atoms with E-state index in [1.165, 1.54) is 0 Å². The summed E-state index contributed by atoms with van der Waals surface area (Å²) in [5, 5.41) is 3.85. The van der Waals surface area contributed by atoms with Gasteiger partial charge in [0.05, 0.1) is 18.7 Å². The number of hydrogen-bond donors (Lipinski definition) is 2. The molecular formula is C33H34N4O4. The van der Waals surface area contributed by atoms with Crippen LogP contribution in [0.1, 0.15) is 49.8 Å². The van der Waals surface area contributed by atoms with Crippen molar-refractivity contribution in [1.29, 1.82) is 0 Å². The number of ether oxygens (including phenoxy) is 1. The average Bonchev–Trinajstić information content (AvgIpc) is 3.63. The van der Waals surface area contributed by atoms with E-state index >= 15 is 0 Å². The monoisotopic (exact) mass is 550 g/mol. The molecule has 0 atom stereocenters. The van der Waals surface area contributed by atoms with E-state index in [-0.39, 0.29) is 5.91 Å². The maximum absolute atomic E-state index is 14.1. The highest BCUT2D eigenvalue weighted by atomic mass is 16.5. The summed E-state index contributed by atoms with van der Waals surface area (Å²) in [4.78, 5) is 30.0. The first-order valence-electron chi connectivity index (χ1n) is 13.8. The maximum Gasteiger partial charge on any atom is 0.439 e. The fraction of sp³-hybridized carbons (Fsp3) is 0.242. The first-order chi connectivity index (χ1) is 19.9. The summed E-state index contributed by atoms with van der Waals surface area (Å²) in [6.07, 6.45) is 3.44. The van der Waals surface area contributed by atoms with Crippen LogP contribution in [0.5, 0.6) is 5.75 Å². The van der Waals surface area contributed by atoms with Gasteiger partial charge in [0.2, 0.25) is 0 Å². The van der Waals surface area contributed by atoms with Crippen molar-refractivity contribution in [3.63, 3.8) is 0 Å². The lowest BCUT2D eigenvalue weighted by Crippen LogP contribution is -2.31. The highest BCUT2D eigenvalue weighted by molar-refractivity contribution is 6.20. The van der Waals surface area contributed by atoms with Crippen LogP contribution >= 0.6 is 0 Å². The summed E-state index contributed by atoms with van der Waals surface area (Å²) < 4.78 is 10.4. The standard InChI is InChI=1S/C33H34N4O4/c1-4-5-8-21(2)37(32(38)30(22(3)34)26-15-16-29-25(19-26)17-18-40-29)20-23-11-13-24(14-12-23)27-9-6-7-10-28(27)31-35-33(39)41-36-31/h6-7,9-16,19H,2,4-5,8,17-18,20,34H2,1,3H3,(H,35,36,39)/b30-22-. The quantitative estimate of drug-likeness (QED) is 0.232. The van der Waals surface area contributed by atoms with Gasteiger partial charge < -0.3 is 15.4 Å². The molecule has 1 aliphatic heterocycles. The van der Waals surface area contributed by atoms with Crippen LogP contribution in [0.25, 0.3) is 28.1 Å². The molecule has 0 spiro atoms. The van der Waals surface area contributed by atoms with Crippen molar-refractivity contribution in [2.75, 3.05) is 6.61 Å². The van der Waals surface area contributed by atoms with Crippen LogP contribution in [0, 0.1) is 0 Å². The highest BCUT2D eigenvalue weighted by Crippen LogP contribution is 2.33. The number of unbranched alkanes of at least 4 members (excludes halogenated alkanes) is 1. The molecule has 3 aromatic carbocycles. The number of nitrogens with one attached hydrogen (secondary N) is 1. The molecular weight excluding hydrogens is 516 g/mol. The second-order valence-electron chi connectivity index (χ2n) is 10.2. The third-order valence-corrected chi connectivity index (χ3v) is 7.26.